The Labute approximate surface area is 247 Å². The van der Waals surface area contributed by atoms with E-state index in [1.165, 1.54) is 56.8 Å². The van der Waals surface area contributed by atoms with Crippen molar-refractivity contribution >= 4 is 34.7 Å². The van der Waals surface area contributed by atoms with Crippen molar-refractivity contribution in [2.45, 2.75) is 62.0 Å². The normalized spacial score (nSPS) is 16.9. The van der Waals surface area contributed by atoms with Crippen LogP contribution in [0.25, 0.3) is 5.57 Å². The Kier molecular flexibility index (Phi) is 6.09. The summed E-state index contributed by atoms with van der Waals surface area (Å²) in [5, 5.41) is 10.6. The molecule has 0 saturated heterocycles. The molecule has 41 heavy (non-hydrogen) atoms. The fourth-order valence-corrected chi connectivity index (χ4v) is 7.36. The molecule has 4 heteroatoms. The van der Waals surface area contributed by atoms with Gasteiger partial charge in [-0.05, 0) is 110 Å². The number of nitrogens with zero attached hydrogens (tertiary/aromatic N) is 1. The molecule has 3 aliphatic rings. The molecule has 4 aromatic rings. The smallest absolute Gasteiger partial charge is 0.106 e. The number of anilines is 3. The molecule has 0 saturated carbocycles. The van der Waals surface area contributed by atoms with Crippen molar-refractivity contribution in [2.24, 2.45) is 0 Å². The Morgan fingerprint density at radius 2 is 1.41 bits per heavy atom. The van der Waals surface area contributed by atoms with E-state index in [1.54, 1.807) is 13.8 Å². The van der Waals surface area contributed by atoms with Crippen LogP contribution in [0.15, 0.2) is 120 Å². The van der Waals surface area contributed by atoms with E-state index >= 15 is 0 Å². The van der Waals surface area contributed by atoms with Crippen LogP contribution in [0, 0.1) is 0 Å². The molecule has 4 aromatic carbocycles. The predicted octanol–water partition coefficient (Wildman–Crippen LogP) is 9.49. The maximum absolute atomic E-state index is 10.6. The molecule has 206 valence electrons. The maximum atomic E-state index is 10.6. The number of allylic oxidation sites excluding steroid dienone is 4. The summed E-state index contributed by atoms with van der Waals surface area (Å²) in [5.74, 6) is 0. The Hall–Kier alpha value is -3.57. The number of hydrogen-bond donors (Lipinski definition) is 1. The Morgan fingerprint density at radius 1 is 0.780 bits per heavy atom. The first-order valence-electron chi connectivity index (χ1n) is 14.4. The van der Waals surface area contributed by atoms with Crippen LogP contribution in [-0.2, 0) is 9.60 Å². The molecule has 0 atom stereocenters. The van der Waals surface area contributed by atoms with Gasteiger partial charge in [0.1, 0.15) is 5.60 Å². The molecule has 0 unspecified atom stereocenters. The third-order valence-corrected chi connectivity index (χ3v) is 10.2. The van der Waals surface area contributed by atoms with Gasteiger partial charge in [0.15, 0.2) is 0 Å². The van der Waals surface area contributed by atoms with Gasteiger partial charge in [-0.25, -0.2) is 0 Å². The number of para-hydroxylation sites is 3. The lowest BCUT2D eigenvalue weighted by Gasteiger charge is -2.46. The van der Waals surface area contributed by atoms with Gasteiger partial charge in [-0.15, -0.1) is 0 Å². The van der Waals surface area contributed by atoms with Gasteiger partial charge in [0.2, 0.25) is 0 Å². The van der Waals surface area contributed by atoms with Crippen LogP contribution in [0.5, 0.6) is 0 Å². The molecule has 0 radical (unpaired) electrons. The van der Waals surface area contributed by atoms with Gasteiger partial charge in [-0.1, -0.05) is 72.8 Å². The summed E-state index contributed by atoms with van der Waals surface area (Å²) in [6, 6.07) is 35.4. The van der Waals surface area contributed by atoms with E-state index < -0.39 is 11.2 Å². The monoisotopic (exact) mass is 557 g/mol. The zero-order chi connectivity index (χ0) is 28.4. The molecule has 0 amide bonds. The topological polar surface area (TPSA) is 32.7 Å². The second-order valence-corrected chi connectivity index (χ2v) is 13.0. The lowest BCUT2D eigenvalue weighted by Crippen LogP contribution is -2.45. The number of aliphatic hydroxyl groups is 1. The fraction of sp³-hybridized carbons (Fsp3) is 0.243. The van der Waals surface area contributed by atoms with Gasteiger partial charge in [0.25, 0.3) is 0 Å². The highest BCUT2D eigenvalue weighted by Gasteiger charge is 2.52. The summed E-state index contributed by atoms with van der Waals surface area (Å²) in [6.45, 7) is 7.45. The third kappa shape index (κ3) is 3.89. The zero-order valence-corrected chi connectivity index (χ0v) is 24.8. The molecule has 2 aliphatic carbocycles. The molecule has 1 aliphatic heterocycles. The van der Waals surface area contributed by atoms with Gasteiger partial charge in [0, 0.05) is 22.6 Å². The quantitative estimate of drug-likeness (QED) is 0.248. The molecule has 1 N–H and O–H groups in total. The molecule has 1 heterocycles. The van der Waals surface area contributed by atoms with Crippen LogP contribution in [-0.4, -0.2) is 16.3 Å². The molecule has 0 aromatic heterocycles. The number of fused-ring (bicyclic) bond motifs is 8. The highest BCUT2D eigenvalue weighted by molar-refractivity contribution is 7.94. The molecule has 7 rings (SSSR count). The molecule has 1 spiro atoms. The van der Waals surface area contributed by atoms with Crippen molar-refractivity contribution in [3.05, 3.63) is 137 Å². The van der Waals surface area contributed by atoms with Gasteiger partial charge in [-0.2, -0.15) is 0 Å². The first-order chi connectivity index (χ1) is 19.7. The zero-order valence-electron chi connectivity index (χ0n) is 24.0. The van der Waals surface area contributed by atoms with Crippen LogP contribution < -0.4 is 4.90 Å². The van der Waals surface area contributed by atoms with Crippen LogP contribution in [0.4, 0.5) is 17.1 Å². The van der Waals surface area contributed by atoms with E-state index in [2.05, 4.69) is 114 Å². The minimum Gasteiger partial charge on any atom is -0.387 e. The van der Waals surface area contributed by atoms with E-state index in [-0.39, 0.29) is 5.41 Å². The minimum absolute atomic E-state index is 0.371. The van der Waals surface area contributed by atoms with Crippen LogP contribution in [0.1, 0.15) is 62.8 Å². The van der Waals surface area contributed by atoms with E-state index in [0.29, 0.717) is 0 Å². The van der Waals surface area contributed by atoms with Crippen molar-refractivity contribution in [3.63, 3.8) is 0 Å². The SMILES string of the molecule is CC(C)(O)C(C)(C)OSc1ccc2c(c1)C1=C(CCC=C1)C21c2ccccc2N(c2ccccc2)c2ccccc21. The Balaban J connectivity index is 1.45. The standard InChI is InChI=1S/C37H35NO2S/c1-35(2,39)36(3,4)40-41-26-22-23-30-28(24-26)27-16-8-9-17-29(27)37(30)31-18-10-12-20-33(31)38(25-14-6-5-7-15-25)34-21-13-11-19-32(34)37/h5-8,10-16,18-24,39H,9,17H2,1-4H3. The lowest BCUT2D eigenvalue weighted by atomic mass is 9.63. The lowest BCUT2D eigenvalue weighted by molar-refractivity contribution is -0.0813. The van der Waals surface area contributed by atoms with Crippen LogP contribution in [0.3, 0.4) is 0 Å². The summed E-state index contributed by atoms with van der Waals surface area (Å²) < 4.78 is 6.21. The van der Waals surface area contributed by atoms with E-state index in [9.17, 15) is 5.11 Å². The molecular formula is C37H35NO2S. The van der Waals surface area contributed by atoms with Crippen molar-refractivity contribution in [3.8, 4) is 0 Å². The molecule has 3 nitrogen and oxygen atoms in total. The summed E-state index contributed by atoms with van der Waals surface area (Å²) in [6.07, 6.45) is 6.69. The third-order valence-electron chi connectivity index (χ3n) is 9.24. The van der Waals surface area contributed by atoms with Crippen LogP contribution >= 0.6 is 12.0 Å². The highest BCUT2D eigenvalue weighted by atomic mass is 32.2. The number of rotatable bonds is 5. The molecule has 0 bridgehead atoms. The van der Waals surface area contributed by atoms with Crippen molar-refractivity contribution in [2.75, 3.05) is 4.90 Å². The largest absolute Gasteiger partial charge is 0.387 e. The van der Waals surface area contributed by atoms with Gasteiger partial charge >= 0.3 is 0 Å². The van der Waals surface area contributed by atoms with Crippen molar-refractivity contribution in [1.82, 2.24) is 0 Å². The first kappa shape index (κ1) is 26.3. The van der Waals surface area contributed by atoms with Crippen molar-refractivity contribution < 1.29 is 9.29 Å². The Morgan fingerprint density at radius 3 is 2.07 bits per heavy atom. The van der Waals surface area contributed by atoms with Gasteiger partial charge in [-0.3, -0.25) is 0 Å². The van der Waals surface area contributed by atoms with Gasteiger partial charge < -0.3 is 14.2 Å². The van der Waals surface area contributed by atoms with Crippen molar-refractivity contribution in [1.29, 1.82) is 0 Å². The summed E-state index contributed by atoms with van der Waals surface area (Å²) >= 11 is 1.35. The number of hydrogen-bond acceptors (Lipinski definition) is 4. The fourth-order valence-electron chi connectivity index (χ4n) is 6.56. The first-order valence-corrected chi connectivity index (χ1v) is 15.1. The second-order valence-electron chi connectivity index (χ2n) is 12.2. The summed E-state index contributed by atoms with van der Waals surface area (Å²) in [7, 11) is 0. The minimum atomic E-state index is -0.970. The summed E-state index contributed by atoms with van der Waals surface area (Å²) in [4.78, 5) is 3.45. The van der Waals surface area contributed by atoms with E-state index in [4.69, 9.17) is 4.18 Å². The number of benzene rings is 4. The van der Waals surface area contributed by atoms with E-state index in [1.807, 2.05) is 13.8 Å². The highest BCUT2D eigenvalue weighted by Crippen LogP contribution is 2.64. The molecule has 0 fully saturated rings. The summed E-state index contributed by atoms with van der Waals surface area (Å²) in [5.41, 5.74) is 9.60. The Bertz CT molecular complexity index is 1660. The van der Waals surface area contributed by atoms with Crippen LogP contribution in [0.2, 0.25) is 0 Å². The van der Waals surface area contributed by atoms with E-state index in [0.717, 1.165) is 23.4 Å². The maximum Gasteiger partial charge on any atom is 0.106 e. The second kappa shape index (κ2) is 9.49. The molecular weight excluding hydrogens is 522 g/mol. The average Bonchev–Trinajstić information content (AvgIpc) is 3.27. The predicted molar refractivity (Wildman–Crippen MR) is 170 cm³/mol. The average molecular weight is 558 g/mol. The van der Waals surface area contributed by atoms with Gasteiger partial charge in [0.05, 0.1) is 22.4 Å².